The predicted molar refractivity (Wildman–Crippen MR) is 102 cm³/mol. The Kier molecular flexibility index (Phi) is 5.85. The highest BCUT2D eigenvalue weighted by Crippen LogP contribution is 2.24. The number of primary amides is 1. The fourth-order valence-electron chi connectivity index (χ4n) is 2.70. The highest BCUT2D eigenvalue weighted by Gasteiger charge is 2.29. The fourth-order valence-corrected chi connectivity index (χ4v) is 3.86. The number of nitrogens with two attached hydrogens (primary N) is 1. The van der Waals surface area contributed by atoms with E-state index in [1.165, 1.54) is 31.2 Å². The fraction of sp³-hybridized carbons (Fsp3) is 0.222. The smallest absolute Gasteiger partial charge is 0.249 e. The third kappa shape index (κ3) is 4.62. The number of anilines is 2. The normalized spacial score (nSPS) is 12.3. The topological polar surface area (TPSA) is 110 Å². The van der Waals surface area contributed by atoms with Gasteiger partial charge in [0.25, 0.3) is 0 Å². The van der Waals surface area contributed by atoms with Crippen molar-refractivity contribution in [1.82, 2.24) is 0 Å². The average Bonchev–Trinajstić information content (AvgIpc) is 2.55. The molecule has 2 aromatic rings. The number of carbonyl (C=O) groups is 2. The number of amides is 2. The van der Waals surface area contributed by atoms with Crippen LogP contribution in [-0.4, -0.2) is 32.5 Å². The van der Waals surface area contributed by atoms with Crippen molar-refractivity contribution >= 4 is 33.2 Å². The Bertz CT molecular complexity index is 992. The minimum atomic E-state index is -3.87. The lowest BCUT2D eigenvalue weighted by atomic mass is 10.1. The number of rotatable bonds is 6. The predicted octanol–water partition coefficient (Wildman–Crippen LogP) is 2.03. The summed E-state index contributed by atoms with van der Waals surface area (Å²) in [6.07, 6.45) is 0.931. The van der Waals surface area contributed by atoms with Crippen LogP contribution in [0.1, 0.15) is 22.8 Å². The van der Waals surface area contributed by atoms with Crippen LogP contribution in [0, 0.1) is 12.7 Å². The van der Waals surface area contributed by atoms with E-state index < -0.39 is 33.7 Å². The maximum absolute atomic E-state index is 13.5. The van der Waals surface area contributed by atoms with Crippen molar-refractivity contribution in [3.63, 3.8) is 0 Å². The third-order valence-electron chi connectivity index (χ3n) is 4.01. The van der Waals surface area contributed by atoms with Gasteiger partial charge in [0.2, 0.25) is 21.8 Å². The van der Waals surface area contributed by atoms with Gasteiger partial charge in [0.1, 0.15) is 11.9 Å². The minimum Gasteiger partial charge on any atom is -0.366 e. The largest absolute Gasteiger partial charge is 0.366 e. The van der Waals surface area contributed by atoms with Crippen LogP contribution in [-0.2, 0) is 14.8 Å². The molecule has 2 aromatic carbocycles. The first kappa shape index (κ1) is 20.4. The van der Waals surface area contributed by atoms with Crippen LogP contribution < -0.4 is 15.4 Å². The Hall–Kier alpha value is -2.94. The lowest BCUT2D eigenvalue weighted by Crippen LogP contribution is -2.45. The summed E-state index contributed by atoms with van der Waals surface area (Å²) >= 11 is 0. The van der Waals surface area contributed by atoms with Crippen molar-refractivity contribution in [2.45, 2.75) is 19.9 Å². The number of benzene rings is 2. The van der Waals surface area contributed by atoms with Gasteiger partial charge in [0.15, 0.2) is 0 Å². The first-order valence-electron chi connectivity index (χ1n) is 7.97. The zero-order valence-electron chi connectivity index (χ0n) is 15.1. The van der Waals surface area contributed by atoms with Gasteiger partial charge in [-0.25, -0.2) is 12.8 Å². The summed E-state index contributed by atoms with van der Waals surface area (Å²) in [6, 6.07) is 8.43. The van der Waals surface area contributed by atoms with E-state index in [4.69, 9.17) is 5.73 Å². The lowest BCUT2D eigenvalue weighted by Gasteiger charge is -2.28. The van der Waals surface area contributed by atoms with Gasteiger partial charge in [-0.05, 0) is 49.7 Å². The van der Waals surface area contributed by atoms with Crippen molar-refractivity contribution in [2.24, 2.45) is 5.73 Å². The van der Waals surface area contributed by atoms with Gasteiger partial charge in [0.05, 0.1) is 11.9 Å². The van der Waals surface area contributed by atoms with Gasteiger partial charge in [0, 0.05) is 11.3 Å². The Morgan fingerprint density at radius 3 is 2.37 bits per heavy atom. The Morgan fingerprint density at radius 1 is 1.19 bits per heavy atom. The molecule has 144 valence electrons. The van der Waals surface area contributed by atoms with E-state index in [9.17, 15) is 22.4 Å². The summed E-state index contributed by atoms with van der Waals surface area (Å²) in [5.41, 5.74) is 6.36. The number of hydrogen-bond donors (Lipinski definition) is 2. The summed E-state index contributed by atoms with van der Waals surface area (Å²) in [6.45, 7) is 3.00. The van der Waals surface area contributed by atoms with E-state index in [1.54, 1.807) is 19.1 Å². The summed E-state index contributed by atoms with van der Waals surface area (Å²) < 4.78 is 38.8. The number of sulfonamides is 1. The molecule has 1 atom stereocenters. The molecule has 0 radical (unpaired) electrons. The van der Waals surface area contributed by atoms with E-state index in [-0.39, 0.29) is 11.3 Å². The molecule has 1 unspecified atom stereocenters. The van der Waals surface area contributed by atoms with Crippen LogP contribution in [0.15, 0.2) is 42.5 Å². The first-order valence-corrected chi connectivity index (χ1v) is 9.82. The summed E-state index contributed by atoms with van der Waals surface area (Å²) in [4.78, 5) is 24.1. The number of hydrogen-bond acceptors (Lipinski definition) is 4. The van der Waals surface area contributed by atoms with Crippen LogP contribution in [0.5, 0.6) is 0 Å². The SMILES string of the molecule is Cc1c(NC(=O)C(C)N(c2cccc(F)c2)S(C)(=O)=O)cccc1C(N)=O. The second-order valence-electron chi connectivity index (χ2n) is 6.05. The molecule has 0 aliphatic rings. The second kappa shape index (κ2) is 7.75. The van der Waals surface area contributed by atoms with Crippen molar-refractivity contribution in [3.8, 4) is 0 Å². The van der Waals surface area contributed by atoms with Gasteiger partial charge >= 0.3 is 0 Å². The van der Waals surface area contributed by atoms with Crippen molar-refractivity contribution in [1.29, 1.82) is 0 Å². The summed E-state index contributed by atoms with van der Waals surface area (Å²) in [5.74, 6) is -1.91. The van der Waals surface area contributed by atoms with Crippen LogP contribution in [0.2, 0.25) is 0 Å². The highest BCUT2D eigenvalue weighted by atomic mass is 32.2. The molecule has 0 heterocycles. The van der Waals surface area contributed by atoms with Crippen molar-refractivity contribution in [2.75, 3.05) is 15.9 Å². The van der Waals surface area contributed by atoms with Gasteiger partial charge in [-0.3, -0.25) is 13.9 Å². The quantitative estimate of drug-likeness (QED) is 0.782. The molecule has 3 N–H and O–H groups in total. The molecule has 0 aliphatic carbocycles. The molecule has 0 saturated heterocycles. The van der Waals surface area contributed by atoms with E-state index in [1.807, 2.05) is 0 Å². The average molecular weight is 393 g/mol. The van der Waals surface area contributed by atoms with Crippen LogP contribution in [0.4, 0.5) is 15.8 Å². The van der Waals surface area contributed by atoms with Crippen molar-refractivity contribution < 1.29 is 22.4 Å². The molecule has 2 amide bonds. The highest BCUT2D eigenvalue weighted by molar-refractivity contribution is 7.92. The van der Waals surface area contributed by atoms with Gasteiger partial charge in [-0.2, -0.15) is 0 Å². The zero-order chi connectivity index (χ0) is 20.4. The standard InChI is InChI=1S/C18H20FN3O4S/c1-11-15(17(20)23)8-5-9-16(11)21-18(24)12(2)22(27(3,25)26)14-7-4-6-13(19)10-14/h4-10,12H,1-3H3,(H2,20,23)(H,21,24). The molecule has 0 saturated carbocycles. The maximum Gasteiger partial charge on any atom is 0.249 e. The molecule has 0 fully saturated rings. The van der Waals surface area contributed by atoms with Gasteiger partial charge in [-0.1, -0.05) is 12.1 Å². The molecule has 27 heavy (non-hydrogen) atoms. The number of nitrogens with zero attached hydrogens (tertiary/aromatic N) is 1. The molecule has 0 bridgehead atoms. The van der Waals surface area contributed by atoms with Crippen LogP contribution >= 0.6 is 0 Å². The molecule has 9 heteroatoms. The van der Waals surface area contributed by atoms with Crippen molar-refractivity contribution in [3.05, 3.63) is 59.4 Å². The van der Waals surface area contributed by atoms with Gasteiger partial charge < -0.3 is 11.1 Å². The minimum absolute atomic E-state index is 0.0303. The molecule has 0 aliphatic heterocycles. The molecule has 2 rings (SSSR count). The zero-order valence-corrected chi connectivity index (χ0v) is 15.9. The lowest BCUT2D eigenvalue weighted by molar-refractivity contribution is -0.116. The van der Waals surface area contributed by atoms with E-state index >= 15 is 0 Å². The van der Waals surface area contributed by atoms with Crippen LogP contribution in [0.3, 0.4) is 0 Å². The van der Waals surface area contributed by atoms with Gasteiger partial charge in [-0.15, -0.1) is 0 Å². The number of carbonyl (C=O) groups excluding carboxylic acids is 2. The Morgan fingerprint density at radius 2 is 1.81 bits per heavy atom. The van der Waals surface area contributed by atoms with E-state index in [0.717, 1.165) is 16.6 Å². The summed E-state index contributed by atoms with van der Waals surface area (Å²) in [7, 11) is -3.87. The summed E-state index contributed by atoms with van der Waals surface area (Å²) in [5, 5.41) is 2.60. The molecule has 7 nitrogen and oxygen atoms in total. The molecular formula is C18H20FN3O4S. The Labute approximate surface area is 157 Å². The first-order chi connectivity index (χ1) is 12.5. The number of halogens is 1. The van der Waals surface area contributed by atoms with E-state index in [2.05, 4.69) is 5.32 Å². The van der Waals surface area contributed by atoms with Crippen LogP contribution in [0.25, 0.3) is 0 Å². The Balaban J connectivity index is 2.37. The second-order valence-corrected chi connectivity index (χ2v) is 7.91. The number of nitrogens with one attached hydrogen (secondary N) is 1. The maximum atomic E-state index is 13.5. The van der Waals surface area contributed by atoms with E-state index in [0.29, 0.717) is 11.3 Å². The molecule has 0 spiro atoms. The molecular weight excluding hydrogens is 373 g/mol. The monoisotopic (exact) mass is 393 g/mol. The third-order valence-corrected chi connectivity index (χ3v) is 5.25. The molecule has 0 aromatic heterocycles.